The van der Waals surface area contributed by atoms with Crippen molar-refractivity contribution < 1.29 is 24.2 Å². The van der Waals surface area contributed by atoms with Gasteiger partial charge in [-0.3, -0.25) is 9.59 Å². The van der Waals surface area contributed by atoms with E-state index in [0.717, 1.165) is 23.1 Å². The van der Waals surface area contributed by atoms with Crippen LogP contribution < -0.4 is 5.32 Å². The molecule has 2 fully saturated rings. The fourth-order valence-corrected chi connectivity index (χ4v) is 6.55. The number of carboxylic acids is 1. The Morgan fingerprint density at radius 2 is 1.53 bits per heavy atom. The van der Waals surface area contributed by atoms with Crippen molar-refractivity contribution >= 4 is 18.0 Å². The van der Waals surface area contributed by atoms with E-state index in [9.17, 15) is 19.5 Å². The minimum Gasteiger partial charge on any atom is -0.480 e. The van der Waals surface area contributed by atoms with Crippen molar-refractivity contribution in [3.63, 3.8) is 0 Å². The van der Waals surface area contributed by atoms with E-state index in [1.54, 1.807) is 0 Å². The van der Waals surface area contributed by atoms with Gasteiger partial charge in [0.15, 0.2) is 0 Å². The number of hydrogen-bond donors (Lipinski definition) is 2. The third-order valence-corrected chi connectivity index (χ3v) is 8.33. The molecule has 3 aromatic carbocycles. The van der Waals surface area contributed by atoms with E-state index in [0.29, 0.717) is 12.8 Å². The summed E-state index contributed by atoms with van der Waals surface area (Å²) < 4.78 is 5.70. The number of ether oxygens (including phenoxy) is 1. The van der Waals surface area contributed by atoms with Gasteiger partial charge in [-0.2, -0.15) is 0 Å². The van der Waals surface area contributed by atoms with Gasteiger partial charge in [0.25, 0.3) is 0 Å². The number of alkyl carbamates (subject to hydrolysis) is 1. The number of carbonyl (C=O) groups excluding carboxylic acids is 2. The number of nitrogens with one attached hydrogen (secondary N) is 1. The number of rotatable bonds is 8. The van der Waals surface area contributed by atoms with Gasteiger partial charge in [-0.25, -0.2) is 4.79 Å². The second-order valence-corrected chi connectivity index (χ2v) is 10.7. The molecule has 0 spiro atoms. The van der Waals surface area contributed by atoms with Crippen molar-refractivity contribution in [1.82, 2.24) is 10.2 Å². The Hall–Kier alpha value is -4.13. The Labute approximate surface area is 221 Å². The number of hydrogen-bond acceptors (Lipinski definition) is 4. The molecule has 7 heteroatoms. The van der Waals surface area contributed by atoms with Crippen molar-refractivity contribution in [3.05, 3.63) is 95.6 Å². The molecule has 0 aliphatic heterocycles. The summed E-state index contributed by atoms with van der Waals surface area (Å²) in [6.07, 6.45) is 1.46. The highest BCUT2D eigenvalue weighted by Gasteiger charge is 2.66. The molecule has 3 aliphatic rings. The lowest BCUT2D eigenvalue weighted by Crippen LogP contribution is -2.42. The fraction of sp³-hybridized carbons (Fsp3) is 0.323. The van der Waals surface area contributed by atoms with Gasteiger partial charge in [-0.1, -0.05) is 78.9 Å². The number of carbonyl (C=O) groups is 3. The summed E-state index contributed by atoms with van der Waals surface area (Å²) >= 11 is 0. The second kappa shape index (κ2) is 9.63. The number of benzene rings is 3. The first kappa shape index (κ1) is 24.2. The fourth-order valence-electron chi connectivity index (χ4n) is 6.55. The molecule has 0 aromatic heterocycles. The van der Waals surface area contributed by atoms with Gasteiger partial charge in [-0.05, 0) is 53.0 Å². The zero-order valence-electron chi connectivity index (χ0n) is 21.0. The minimum absolute atomic E-state index is 0.0133. The number of nitrogens with zero attached hydrogens (tertiary/aromatic N) is 1. The van der Waals surface area contributed by atoms with E-state index < -0.39 is 17.5 Å². The SMILES string of the molecule is O=C(O)CN(Cc1ccccc1)C(=O)[C@@]12C[C@@H](NC(=O)OCC3c4ccccc4-c4ccccc43)C[C@@H]1C2. The third kappa shape index (κ3) is 4.42. The first-order valence-corrected chi connectivity index (χ1v) is 13.1. The second-order valence-electron chi connectivity index (χ2n) is 10.7. The lowest BCUT2D eigenvalue weighted by atomic mass is 9.98. The van der Waals surface area contributed by atoms with E-state index in [2.05, 4.69) is 29.6 Å². The number of aliphatic carboxylic acids is 1. The predicted molar refractivity (Wildman–Crippen MR) is 141 cm³/mol. The summed E-state index contributed by atoms with van der Waals surface area (Å²) in [5.41, 5.74) is 4.97. The molecule has 3 aromatic rings. The van der Waals surface area contributed by atoms with Gasteiger partial charge in [0.05, 0.1) is 5.41 Å². The summed E-state index contributed by atoms with van der Waals surface area (Å²) in [4.78, 5) is 39.3. The Morgan fingerprint density at radius 3 is 2.18 bits per heavy atom. The van der Waals surface area contributed by atoms with Crippen LogP contribution in [0.25, 0.3) is 11.1 Å². The van der Waals surface area contributed by atoms with Crippen molar-refractivity contribution in [2.45, 2.75) is 37.8 Å². The van der Waals surface area contributed by atoms with Crippen LogP contribution in [0.2, 0.25) is 0 Å². The minimum atomic E-state index is -1.03. The maximum Gasteiger partial charge on any atom is 0.407 e. The molecule has 0 unspecified atom stereocenters. The molecule has 7 nitrogen and oxygen atoms in total. The van der Waals surface area contributed by atoms with Crippen LogP contribution >= 0.6 is 0 Å². The summed E-state index contributed by atoms with van der Waals surface area (Å²) in [7, 11) is 0. The van der Waals surface area contributed by atoms with E-state index >= 15 is 0 Å². The Balaban J connectivity index is 1.08. The maximum atomic E-state index is 13.5. The predicted octanol–water partition coefficient (Wildman–Crippen LogP) is 4.81. The van der Waals surface area contributed by atoms with Crippen molar-refractivity contribution in [2.24, 2.45) is 11.3 Å². The first-order valence-electron chi connectivity index (χ1n) is 13.1. The molecule has 0 heterocycles. The highest BCUT2D eigenvalue weighted by Crippen LogP contribution is 2.64. The maximum absolute atomic E-state index is 13.5. The Morgan fingerprint density at radius 1 is 0.895 bits per heavy atom. The zero-order chi connectivity index (χ0) is 26.3. The summed E-state index contributed by atoms with van der Waals surface area (Å²) in [6, 6.07) is 25.7. The lowest BCUT2D eigenvalue weighted by molar-refractivity contribution is -0.147. The van der Waals surface area contributed by atoms with Gasteiger partial charge in [0.2, 0.25) is 5.91 Å². The van der Waals surface area contributed by atoms with Gasteiger partial charge < -0.3 is 20.1 Å². The van der Waals surface area contributed by atoms with Crippen molar-refractivity contribution in [1.29, 1.82) is 0 Å². The van der Waals surface area contributed by atoms with Gasteiger partial charge >= 0.3 is 12.1 Å². The molecule has 2 saturated carbocycles. The van der Waals surface area contributed by atoms with Crippen LogP contribution in [0.5, 0.6) is 0 Å². The topological polar surface area (TPSA) is 95.9 Å². The van der Waals surface area contributed by atoms with Gasteiger partial charge in [-0.15, -0.1) is 0 Å². The van der Waals surface area contributed by atoms with Gasteiger partial charge in [0, 0.05) is 18.5 Å². The number of amides is 2. The van der Waals surface area contributed by atoms with Crippen LogP contribution in [-0.4, -0.2) is 47.2 Å². The van der Waals surface area contributed by atoms with E-state index in [1.807, 2.05) is 54.6 Å². The third-order valence-electron chi connectivity index (χ3n) is 8.33. The highest BCUT2D eigenvalue weighted by atomic mass is 16.5. The summed E-state index contributed by atoms with van der Waals surface area (Å²) in [6.45, 7) is 0.154. The Kier molecular flexibility index (Phi) is 6.14. The molecule has 2 N–H and O–H groups in total. The largest absolute Gasteiger partial charge is 0.480 e. The monoisotopic (exact) mass is 510 g/mol. The van der Waals surface area contributed by atoms with Crippen LogP contribution in [-0.2, 0) is 20.9 Å². The number of fused-ring (bicyclic) bond motifs is 4. The molecule has 194 valence electrons. The van der Waals surface area contributed by atoms with Crippen LogP contribution in [0, 0.1) is 11.3 Å². The first-order chi connectivity index (χ1) is 18.4. The molecule has 0 saturated heterocycles. The quantitative estimate of drug-likeness (QED) is 0.454. The van der Waals surface area contributed by atoms with Crippen LogP contribution in [0.15, 0.2) is 78.9 Å². The van der Waals surface area contributed by atoms with Crippen LogP contribution in [0.1, 0.15) is 41.9 Å². The van der Waals surface area contributed by atoms with Crippen LogP contribution in [0.3, 0.4) is 0 Å². The smallest absolute Gasteiger partial charge is 0.407 e. The molecule has 0 radical (unpaired) electrons. The standard InChI is InChI=1S/C31H30N2O5/c34-28(35)18-33(17-20-8-2-1-3-9-20)29(36)31-15-21(31)14-22(16-31)32-30(37)38-19-27-25-12-6-4-10-23(25)24-11-5-7-13-26(24)27/h1-13,21-22,27H,14-19H2,(H,32,37)(H,34,35)/t21-,22+,31+/m1/s1. The highest BCUT2D eigenvalue weighted by molar-refractivity contribution is 5.89. The normalized spacial score (nSPS) is 22.6. The van der Waals surface area contributed by atoms with E-state index in [-0.39, 0.29) is 43.5 Å². The van der Waals surface area contributed by atoms with Crippen LogP contribution in [0.4, 0.5) is 4.79 Å². The summed E-state index contributed by atoms with van der Waals surface area (Å²) in [5, 5.41) is 12.4. The molecule has 38 heavy (non-hydrogen) atoms. The molecular formula is C31H30N2O5. The van der Waals surface area contributed by atoms with Crippen molar-refractivity contribution in [2.75, 3.05) is 13.2 Å². The summed E-state index contributed by atoms with van der Waals surface area (Å²) in [5.74, 6) is -1.03. The average molecular weight is 511 g/mol. The molecule has 2 amide bonds. The zero-order valence-corrected chi connectivity index (χ0v) is 21.0. The molecule has 3 atom stereocenters. The lowest BCUT2D eigenvalue weighted by Gasteiger charge is -2.26. The number of carboxylic acid groups (broad SMARTS) is 1. The van der Waals surface area contributed by atoms with E-state index in [1.165, 1.54) is 16.0 Å². The Bertz CT molecular complexity index is 1340. The molecular weight excluding hydrogens is 480 g/mol. The van der Waals surface area contributed by atoms with Crippen molar-refractivity contribution in [3.8, 4) is 11.1 Å². The average Bonchev–Trinajstić information content (AvgIpc) is 3.34. The molecule has 0 bridgehead atoms. The van der Waals surface area contributed by atoms with Gasteiger partial charge in [0.1, 0.15) is 13.2 Å². The molecule has 3 aliphatic carbocycles. The molecule has 6 rings (SSSR count). The van der Waals surface area contributed by atoms with E-state index in [4.69, 9.17) is 4.74 Å².